The van der Waals surface area contributed by atoms with Gasteiger partial charge < -0.3 is 0 Å². The Morgan fingerprint density at radius 1 is 1.29 bits per heavy atom. The molecule has 68 valence electrons. The summed E-state index contributed by atoms with van der Waals surface area (Å²) in [6.45, 7) is 0. The second-order valence-electron chi connectivity index (χ2n) is 2.65. The Bertz CT molecular complexity index is 482. The summed E-state index contributed by atoms with van der Waals surface area (Å²) < 4.78 is 12.6. The topological polar surface area (TPSA) is 36.7 Å². The van der Waals surface area contributed by atoms with Crippen molar-refractivity contribution in [3.8, 4) is 17.3 Å². The van der Waals surface area contributed by atoms with E-state index in [1.165, 1.54) is 23.5 Å². The molecule has 0 bridgehead atoms. The van der Waals surface area contributed by atoms with E-state index in [0.29, 0.717) is 10.6 Å². The molecule has 2 nitrogen and oxygen atoms in total. The molecule has 0 amide bonds. The Labute approximate surface area is 84.3 Å². The van der Waals surface area contributed by atoms with E-state index < -0.39 is 0 Å². The number of halogens is 1. The third kappa shape index (κ3) is 1.50. The van der Waals surface area contributed by atoms with Gasteiger partial charge >= 0.3 is 0 Å². The van der Waals surface area contributed by atoms with Gasteiger partial charge in [-0.25, -0.2) is 9.37 Å². The van der Waals surface area contributed by atoms with Crippen molar-refractivity contribution in [3.05, 3.63) is 40.5 Å². The highest BCUT2D eigenvalue weighted by molar-refractivity contribution is 7.10. The van der Waals surface area contributed by atoms with Crippen molar-refractivity contribution in [1.82, 2.24) is 4.98 Å². The average molecular weight is 204 g/mol. The standard InChI is InChI=1S/C10H5FN2S/c11-8-3-1-7(2-4-8)10-9(5-12)14-6-13-10/h1-4,6H. The number of nitriles is 1. The highest BCUT2D eigenvalue weighted by Gasteiger charge is 2.07. The normalized spacial score (nSPS) is 9.71. The van der Waals surface area contributed by atoms with Crippen LogP contribution in [-0.2, 0) is 0 Å². The van der Waals surface area contributed by atoms with Crippen molar-refractivity contribution < 1.29 is 4.39 Å². The van der Waals surface area contributed by atoms with Crippen molar-refractivity contribution in [2.24, 2.45) is 0 Å². The Morgan fingerprint density at radius 3 is 2.64 bits per heavy atom. The predicted molar refractivity (Wildman–Crippen MR) is 52.2 cm³/mol. The van der Waals surface area contributed by atoms with E-state index in [4.69, 9.17) is 5.26 Å². The molecule has 2 rings (SSSR count). The first kappa shape index (κ1) is 8.85. The molecule has 2 aromatic rings. The van der Waals surface area contributed by atoms with Gasteiger partial charge in [0.15, 0.2) is 0 Å². The van der Waals surface area contributed by atoms with Crippen LogP contribution in [0.15, 0.2) is 29.8 Å². The number of nitrogens with zero attached hydrogens (tertiary/aromatic N) is 2. The minimum absolute atomic E-state index is 0.289. The van der Waals surface area contributed by atoms with E-state index in [9.17, 15) is 4.39 Å². The van der Waals surface area contributed by atoms with Crippen molar-refractivity contribution in [2.75, 3.05) is 0 Å². The minimum atomic E-state index is -0.289. The summed E-state index contributed by atoms with van der Waals surface area (Å²) in [7, 11) is 0. The van der Waals surface area contributed by atoms with Gasteiger partial charge in [-0.1, -0.05) is 0 Å². The fourth-order valence-electron chi connectivity index (χ4n) is 1.14. The van der Waals surface area contributed by atoms with Crippen molar-refractivity contribution >= 4 is 11.3 Å². The number of rotatable bonds is 1. The number of hydrogen-bond donors (Lipinski definition) is 0. The fraction of sp³-hybridized carbons (Fsp3) is 0. The highest BCUT2D eigenvalue weighted by Crippen LogP contribution is 2.24. The molecular weight excluding hydrogens is 199 g/mol. The van der Waals surface area contributed by atoms with Crippen LogP contribution >= 0.6 is 11.3 Å². The molecule has 0 aliphatic carbocycles. The molecule has 14 heavy (non-hydrogen) atoms. The third-order valence-electron chi connectivity index (χ3n) is 1.79. The second-order valence-corrected chi connectivity index (χ2v) is 3.50. The third-order valence-corrected chi connectivity index (χ3v) is 2.52. The van der Waals surface area contributed by atoms with Crippen LogP contribution in [0.5, 0.6) is 0 Å². The van der Waals surface area contributed by atoms with Crippen LogP contribution in [-0.4, -0.2) is 4.98 Å². The van der Waals surface area contributed by atoms with Gasteiger partial charge in [-0.3, -0.25) is 0 Å². The monoisotopic (exact) mass is 204 g/mol. The summed E-state index contributed by atoms with van der Waals surface area (Å²) in [6.07, 6.45) is 0. The summed E-state index contributed by atoms with van der Waals surface area (Å²) in [6, 6.07) is 8.00. The molecule has 0 aliphatic heterocycles. The van der Waals surface area contributed by atoms with Gasteiger partial charge in [0.1, 0.15) is 16.8 Å². The molecule has 0 saturated heterocycles. The quantitative estimate of drug-likeness (QED) is 0.716. The largest absolute Gasteiger partial charge is 0.243 e. The molecule has 0 radical (unpaired) electrons. The molecule has 0 aliphatic rings. The van der Waals surface area contributed by atoms with Crippen LogP contribution in [0.25, 0.3) is 11.3 Å². The molecule has 0 fully saturated rings. The first-order valence-electron chi connectivity index (χ1n) is 3.91. The highest BCUT2D eigenvalue weighted by atomic mass is 32.1. The van der Waals surface area contributed by atoms with Gasteiger partial charge in [-0.05, 0) is 24.3 Å². The van der Waals surface area contributed by atoms with Gasteiger partial charge in [0.05, 0.1) is 11.2 Å². The number of hydrogen-bond acceptors (Lipinski definition) is 3. The molecule has 4 heteroatoms. The Kier molecular flexibility index (Phi) is 2.25. The Hall–Kier alpha value is -1.73. The average Bonchev–Trinajstić information content (AvgIpc) is 2.67. The fourth-order valence-corrected chi connectivity index (χ4v) is 1.74. The van der Waals surface area contributed by atoms with E-state index in [2.05, 4.69) is 11.1 Å². The van der Waals surface area contributed by atoms with E-state index in [-0.39, 0.29) is 5.82 Å². The number of thiazole rings is 1. The maximum atomic E-state index is 12.6. The lowest BCUT2D eigenvalue weighted by molar-refractivity contribution is 0.628. The van der Waals surface area contributed by atoms with Gasteiger partial charge in [-0.15, -0.1) is 11.3 Å². The number of aromatic nitrogens is 1. The summed E-state index contributed by atoms with van der Waals surface area (Å²) >= 11 is 1.28. The smallest absolute Gasteiger partial charge is 0.132 e. The molecule has 1 aromatic heterocycles. The van der Waals surface area contributed by atoms with Crippen molar-refractivity contribution in [1.29, 1.82) is 5.26 Å². The maximum absolute atomic E-state index is 12.6. The first-order chi connectivity index (χ1) is 6.81. The lowest BCUT2D eigenvalue weighted by Gasteiger charge is -1.96. The van der Waals surface area contributed by atoms with E-state index in [1.54, 1.807) is 17.6 Å². The van der Waals surface area contributed by atoms with Crippen molar-refractivity contribution in [2.45, 2.75) is 0 Å². The molecule has 1 aromatic carbocycles. The molecule has 0 saturated carbocycles. The van der Waals surface area contributed by atoms with Crippen LogP contribution < -0.4 is 0 Å². The second kappa shape index (κ2) is 3.56. The van der Waals surface area contributed by atoms with Gasteiger partial charge in [-0.2, -0.15) is 5.26 Å². The van der Waals surface area contributed by atoms with E-state index in [0.717, 1.165) is 5.56 Å². The van der Waals surface area contributed by atoms with Gasteiger partial charge in [0.25, 0.3) is 0 Å². The van der Waals surface area contributed by atoms with Crippen LogP contribution in [0.4, 0.5) is 4.39 Å². The molecule has 1 heterocycles. The van der Waals surface area contributed by atoms with Crippen LogP contribution in [0.3, 0.4) is 0 Å². The predicted octanol–water partition coefficient (Wildman–Crippen LogP) is 2.82. The molecule has 0 spiro atoms. The zero-order chi connectivity index (χ0) is 9.97. The zero-order valence-electron chi connectivity index (χ0n) is 7.07. The molecule has 0 N–H and O–H groups in total. The molecule has 0 atom stereocenters. The summed E-state index contributed by atoms with van der Waals surface area (Å²) in [5, 5.41) is 8.77. The van der Waals surface area contributed by atoms with Gasteiger partial charge in [0, 0.05) is 5.56 Å². The molecule has 0 unspecified atom stereocenters. The SMILES string of the molecule is N#Cc1scnc1-c1ccc(F)cc1. The van der Waals surface area contributed by atoms with Gasteiger partial charge in [0.2, 0.25) is 0 Å². The number of benzene rings is 1. The Balaban J connectivity index is 2.50. The van der Waals surface area contributed by atoms with E-state index in [1.807, 2.05) is 0 Å². The van der Waals surface area contributed by atoms with E-state index >= 15 is 0 Å². The van der Waals surface area contributed by atoms with Crippen LogP contribution in [0.1, 0.15) is 4.88 Å². The van der Waals surface area contributed by atoms with Crippen LogP contribution in [0.2, 0.25) is 0 Å². The molecular formula is C10H5FN2S. The van der Waals surface area contributed by atoms with Crippen LogP contribution in [0, 0.1) is 17.1 Å². The Morgan fingerprint density at radius 2 is 2.00 bits per heavy atom. The van der Waals surface area contributed by atoms with Crippen molar-refractivity contribution in [3.63, 3.8) is 0 Å². The first-order valence-corrected chi connectivity index (χ1v) is 4.79. The summed E-state index contributed by atoms with van der Waals surface area (Å²) in [5.41, 5.74) is 3.00. The summed E-state index contributed by atoms with van der Waals surface area (Å²) in [5.74, 6) is -0.289. The zero-order valence-corrected chi connectivity index (χ0v) is 7.88. The minimum Gasteiger partial charge on any atom is -0.243 e. The summed E-state index contributed by atoms with van der Waals surface area (Å²) in [4.78, 5) is 4.61. The lowest BCUT2D eigenvalue weighted by Crippen LogP contribution is -1.81. The maximum Gasteiger partial charge on any atom is 0.132 e. The lowest BCUT2D eigenvalue weighted by atomic mass is 10.1.